The van der Waals surface area contributed by atoms with Gasteiger partial charge in [-0.15, -0.1) is 0 Å². The largest absolute Gasteiger partial charge is 0.378 e. The van der Waals surface area contributed by atoms with E-state index in [1.54, 1.807) is 0 Å². The maximum atomic E-state index is 13.9. The van der Waals surface area contributed by atoms with Crippen LogP contribution in [-0.4, -0.2) is 46.7 Å². The molecule has 5 rings (SSSR count). The lowest BCUT2D eigenvalue weighted by Gasteiger charge is -2.32. The first kappa shape index (κ1) is 19.5. The van der Waals surface area contributed by atoms with Gasteiger partial charge in [0.2, 0.25) is 0 Å². The molecule has 3 aromatic carbocycles. The molecule has 0 radical (unpaired) electrons. The van der Waals surface area contributed by atoms with E-state index in [1.165, 1.54) is 5.56 Å². The third-order valence-electron chi connectivity index (χ3n) is 5.80. The van der Waals surface area contributed by atoms with E-state index in [0.29, 0.717) is 32.7 Å². The highest BCUT2D eigenvalue weighted by atomic mass is 16.5. The van der Waals surface area contributed by atoms with Gasteiger partial charge < -0.3 is 14.2 Å². The summed E-state index contributed by atoms with van der Waals surface area (Å²) in [5.74, 6) is 0.981. The Morgan fingerprint density at radius 3 is 2.26 bits per heavy atom. The van der Waals surface area contributed by atoms with E-state index in [0.717, 1.165) is 22.4 Å². The number of imidazole rings is 1. The molecule has 0 bridgehead atoms. The predicted octanol–water partition coefficient (Wildman–Crippen LogP) is 4.08. The first-order valence-corrected chi connectivity index (χ1v) is 10.7. The Bertz CT molecular complexity index is 1170. The zero-order chi connectivity index (χ0) is 21.0. The van der Waals surface area contributed by atoms with Crippen molar-refractivity contribution in [3.8, 4) is 0 Å². The van der Waals surface area contributed by atoms with Crippen LogP contribution in [0.5, 0.6) is 0 Å². The van der Waals surface area contributed by atoms with E-state index >= 15 is 0 Å². The van der Waals surface area contributed by atoms with Gasteiger partial charge in [-0.05, 0) is 23.3 Å². The number of ether oxygens (including phenoxy) is 1. The number of nitrogens with zero attached hydrogens (tertiary/aromatic N) is 3. The van der Waals surface area contributed by atoms with Gasteiger partial charge in [0.1, 0.15) is 11.9 Å². The highest BCUT2D eigenvalue weighted by Gasteiger charge is 2.31. The van der Waals surface area contributed by atoms with Crippen LogP contribution in [0.15, 0.2) is 84.9 Å². The number of carbonyl (C=O) groups is 1. The molecule has 4 aromatic rings. The van der Waals surface area contributed by atoms with Crippen molar-refractivity contribution in [1.82, 2.24) is 14.5 Å². The fourth-order valence-corrected chi connectivity index (χ4v) is 4.28. The van der Waals surface area contributed by atoms with Crippen LogP contribution in [0, 0.1) is 0 Å². The molecule has 156 valence electrons. The van der Waals surface area contributed by atoms with E-state index in [2.05, 4.69) is 22.8 Å². The number of hydrogen-bond acceptors (Lipinski definition) is 3. The maximum absolute atomic E-state index is 13.9. The van der Waals surface area contributed by atoms with Crippen molar-refractivity contribution in [2.75, 3.05) is 26.3 Å². The minimum atomic E-state index is -0.467. The average molecular weight is 412 g/mol. The van der Waals surface area contributed by atoms with Gasteiger partial charge in [-0.1, -0.05) is 72.8 Å². The van der Waals surface area contributed by atoms with Crippen molar-refractivity contribution in [2.45, 2.75) is 12.5 Å². The molecule has 5 nitrogen and oxygen atoms in total. The molecule has 0 unspecified atom stereocenters. The Hall–Kier alpha value is -3.44. The number of aromatic nitrogens is 2. The summed E-state index contributed by atoms with van der Waals surface area (Å²) in [5, 5.41) is 0. The molecule has 5 heteroatoms. The standard InChI is InChI=1S/C26H25N3O2/c30-26(28-15-17-31-18-16-28)25(21-11-5-2-6-12-21)29-23-14-8-7-13-22(23)27-24(29)19-20-9-3-1-4-10-20/h1-14,25H,15-19H2/t25-/m1/s1. The van der Waals surface area contributed by atoms with Gasteiger partial charge in [-0.25, -0.2) is 4.98 Å². The Morgan fingerprint density at radius 1 is 0.871 bits per heavy atom. The lowest BCUT2D eigenvalue weighted by Crippen LogP contribution is -2.44. The molecule has 31 heavy (non-hydrogen) atoms. The Kier molecular flexibility index (Phi) is 5.50. The van der Waals surface area contributed by atoms with Crippen molar-refractivity contribution in [2.24, 2.45) is 0 Å². The van der Waals surface area contributed by atoms with Crippen LogP contribution in [0.3, 0.4) is 0 Å². The Morgan fingerprint density at radius 2 is 1.52 bits per heavy atom. The lowest BCUT2D eigenvalue weighted by atomic mass is 10.0. The maximum Gasteiger partial charge on any atom is 0.250 e. The van der Waals surface area contributed by atoms with E-state index in [-0.39, 0.29) is 5.91 Å². The summed E-state index contributed by atoms with van der Waals surface area (Å²) in [7, 11) is 0. The second kappa shape index (κ2) is 8.74. The smallest absolute Gasteiger partial charge is 0.250 e. The molecule has 0 spiro atoms. The van der Waals surface area contributed by atoms with Crippen molar-refractivity contribution >= 4 is 16.9 Å². The van der Waals surface area contributed by atoms with Crippen molar-refractivity contribution in [3.05, 3.63) is 102 Å². The summed E-state index contributed by atoms with van der Waals surface area (Å²) in [4.78, 5) is 20.7. The van der Waals surface area contributed by atoms with Crippen LogP contribution in [0.4, 0.5) is 0 Å². The molecule has 0 N–H and O–H groups in total. The number of para-hydroxylation sites is 2. The number of amides is 1. The van der Waals surface area contributed by atoms with Crippen LogP contribution < -0.4 is 0 Å². The summed E-state index contributed by atoms with van der Waals surface area (Å²) >= 11 is 0. The first-order chi connectivity index (χ1) is 15.3. The first-order valence-electron chi connectivity index (χ1n) is 10.7. The summed E-state index contributed by atoms with van der Waals surface area (Å²) in [6.07, 6.45) is 0.662. The normalized spacial score (nSPS) is 15.2. The molecule has 1 fully saturated rings. The van der Waals surface area contributed by atoms with Gasteiger partial charge in [0.05, 0.1) is 24.2 Å². The molecule has 0 aliphatic carbocycles. The second-order valence-electron chi connectivity index (χ2n) is 7.80. The fourth-order valence-electron chi connectivity index (χ4n) is 4.28. The van der Waals surface area contributed by atoms with Crippen LogP contribution in [0.25, 0.3) is 11.0 Å². The molecule has 1 aliphatic rings. The molecular weight excluding hydrogens is 386 g/mol. The van der Waals surface area contributed by atoms with Gasteiger partial charge in [0, 0.05) is 19.5 Å². The summed E-state index contributed by atoms with van der Waals surface area (Å²) in [5.41, 5.74) is 4.02. The Balaban J connectivity index is 1.67. The van der Waals surface area contributed by atoms with Crippen molar-refractivity contribution in [3.63, 3.8) is 0 Å². The van der Waals surface area contributed by atoms with Crippen LogP contribution >= 0.6 is 0 Å². The summed E-state index contributed by atoms with van der Waals surface area (Å²) in [6, 6.07) is 27.9. The molecule has 2 heterocycles. The molecule has 1 atom stereocenters. The highest BCUT2D eigenvalue weighted by molar-refractivity contribution is 5.87. The van der Waals surface area contributed by atoms with E-state index in [9.17, 15) is 4.79 Å². The van der Waals surface area contributed by atoms with Gasteiger partial charge in [0.15, 0.2) is 0 Å². The van der Waals surface area contributed by atoms with E-state index in [4.69, 9.17) is 9.72 Å². The Labute approximate surface area is 181 Å². The number of morpholine rings is 1. The third kappa shape index (κ3) is 3.97. The molecule has 1 aliphatic heterocycles. The fraction of sp³-hybridized carbons (Fsp3) is 0.231. The monoisotopic (exact) mass is 411 g/mol. The topological polar surface area (TPSA) is 47.4 Å². The minimum Gasteiger partial charge on any atom is -0.378 e. The SMILES string of the molecule is O=C([C@@H](c1ccccc1)n1c(Cc2ccccc2)nc2ccccc21)N1CCOCC1. The third-order valence-corrected chi connectivity index (χ3v) is 5.80. The van der Waals surface area contributed by atoms with E-state index < -0.39 is 6.04 Å². The summed E-state index contributed by atoms with van der Waals surface area (Å²) in [6.45, 7) is 2.38. The highest BCUT2D eigenvalue weighted by Crippen LogP contribution is 2.29. The zero-order valence-corrected chi connectivity index (χ0v) is 17.4. The van der Waals surface area contributed by atoms with Crippen molar-refractivity contribution < 1.29 is 9.53 Å². The number of rotatable bonds is 5. The second-order valence-corrected chi connectivity index (χ2v) is 7.80. The van der Waals surface area contributed by atoms with Crippen molar-refractivity contribution in [1.29, 1.82) is 0 Å². The molecule has 1 aromatic heterocycles. The molecular formula is C26H25N3O2. The number of hydrogen-bond donors (Lipinski definition) is 0. The van der Waals surface area contributed by atoms with Gasteiger partial charge in [-0.3, -0.25) is 4.79 Å². The zero-order valence-electron chi connectivity index (χ0n) is 17.4. The van der Waals surface area contributed by atoms with E-state index in [1.807, 2.05) is 71.6 Å². The van der Waals surface area contributed by atoms with Crippen LogP contribution in [-0.2, 0) is 16.0 Å². The number of benzene rings is 3. The summed E-state index contributed by atoms with van der Waals surface area (Å²) < 4.78 is 7.62. The van der Waals surface area contributed by atoms with Gasteiger partial charge in [-0.2, -0.15) is 0 Å². The number of fused-ring (bicyclic) bond motifs is 1. The van der Waals surface area contributed by atoms with Crippen LogP contribution in [0.2, 0.25) is 0 Å². The lowest BCUT2D eigenvalue weighted by molar-refractivity contribution is -0.137. The quantitative estimate of drug-likeness (QED) is 0.497. The van der Waals surface area contributed by atoms with Crippen LogP contribution in [0.1, 0.15) is 23.0 Å². The average Bonchev–Trinajstić information content (AvgIpc) is 3.19. The van der Waals surface area contributed by atoms with Gasteiger partial charge in [0.25, 0.3) is 5.91 Å². The molecule has 0 saturated carbocycles. The minimum absolute atomic E-state index is 0.0898. The number of carbonyl (C=O) groups excluding carboxylic acids is 1. The molecule has 1 saturated heterocycles. The predicted molar refractivity (Wildman–Crippen MR) is 121 cm³/mol. The molecule has 1 amide bonds. The van der Waals surface area contributed by atoms with Gasteiger partial charge >= 0.3 is 0 Å².